The van der Waals surface area contributed by atoms with Crippen LogP contribution in [0.3, 0.4) is 0 Å². The monoisotopic (exact) mass is 489 g/mol. The summed E-state index contributed by atoms with van der Waals surface area (Å²) < 4.78 is 67.4. The SMILES string of the molecule is CC1C(NC(=O)c2ccc(Oc3cccc(NS(=O)(=O)C(F)(F)F)c3)s2)C2CCN1CC2. The van der Waals surface area contributed by atoms with E-state index in [2.05, 4.69) is 17.1 Å². The average molecular weight is 490 g/mol. The molecule has 1 aromatic carbocycles. The van der Waals surface area contributed by atoms with Crippen LogP contribution in [0, 0.1) is 5.92 Å². The molecule has 2 atom stereocenters. The number of amides is 1. The van der Waals surface area contributed by atoms with Gasteiger partial charge in [-0.1, -0.05) is 17.4 Å². The highest BCUT2D eigenvalue weighted by Crippen LogP contribution is 2.34. The average Bonchev–Trinajstić information content (AvgIpc) is 3.18. The molecule has 4 heterocycles. The second-order valence-electron chi connectivity index (χ2n) is 7.91. The first-order chi connectivity index (χ1) is 15.0. The summed E-state index contributed by atoms with van der Waals surface area (Å²) in [7, 11) is -5.53. The molecule has 1 amide bonds. The molecular formula is C20H22F3N3O4S2. The summed E-state index contributed by atoms with van der Waals surface area (Å²) >= 11 is 1.10. The summed E-state index contributed by atoms with van der Waals surface area (Å²) in [6.07, 6.45) is 2.14. The molecule has 3 saturated heterocycles. The molecular weight excluding hydrogens is 467 g/mol. The van der Waals surface area contributed by atoms with E-state index in [1.807, 2.05) is 0 Å². The number of sulfonamides is 1. The van der Waals surface area contributed by atoms with Crippen molar-refractivity contribution in [1.29, 1.82) is 0 Å². The molecule has 0 aliphatic carbocycles. The molecule has 3 fully saturated rings. The van der Waals surface area contributed by atoms with E-state index >= 15 is 0 Å². The molecule has 12 heteroatoms. The predicted molar refractivity (Wildman–Crippen MR) is 114 cm³/mol. The zero-order valence-corrected chi connectivity index (χ0v) is 18.7. The second-order valence-corrected chi connectivity index (χ2v) is 10.6. The standard InChI is InChI=1S/C20H22F3N3O4S2/c1-12-18(13-7-9-26(12)10-8-13)24-19(27)16-5-6-17(31-16)30-15-4-2-3-14(11-15)25-32(28,29)20(21,22)23/h2-6,11-13,18,25H,7-10H2,1H3,(H,24,27). The smallest absolute Gasteiger partial charge is 0.447 e. The molecule has 2 bridgehead atoms. The highest BCUT2D eigenvalue weighted by molar-refractivity contribution is 7.93. The van der Waals surface area contributed by atoms with Crippen LogP contribution in [0.4, 0.5) is 18.9 Å². The number of anilines is 1. The number of nitrogens with one attached hydrogen (secondary N) is 2. The van der Waals surface area contributed by atoms with Gasteiger partial charge in [0.2, 0.25) is 0 Å². The van der Waals surface area contributed by atoms with Gasteiger partial charge in [-0.15, -0.1) is 0 Å². The minimum absolute atomic E-state index is 0.0924. The van der Waals surface area contributed by atoms with Crippen molar-refractivity contribution in [1.82, 2.24) is 10.2 Å². The van der Waals surface area contributed by atoms with Gasteiger partial charge in [-0.25, -0.2) is 0 Å². The highest BCUT2D eigenvalue weighted by atomic mass is 32.2. The van der Waals surface area contributed by atoms with Gasteiger partial charge in [0, 0.05) is 18.2 Å². The first-order valence-corrected chi connectivity index (χ1v) is 12.4. The number of thiophene rings is 1. The lowest BCUT2D eigenvalue weighted by Gasteiger charge is -2.49. The number of halogens is 3. The normalized spacial score (nSPS) is 25.4. The minimum atomic E-state index is -5.53. The Balaban J connectivity index is 1.41. The lowest BCUT2D eigenvalue weighted by molar-refractivity contribution is -0.0429. The maximum Gasteiger partial charge on any atom is 0.516 e. The quantitative estimate of drug-likeness (QED) is 0.640. The molecule has 2 N–H and O–H groups in total. The van der Waals surface area contributed by atoms with Crippen LogP contribution < -0.4 is 14.8 Å². The van der Waals surface area contributed by atoms with E-state index in [0.29, 0.717) is 15.9 Å². The third-order valence-corrected chi connectivity index (χ3v) is 7.97. The first kappa shape index (κ1) is 22.9. The fraction of sp³-hybridized carbons (Fsp3) is 0.450. The first-order valence-electron chi connectivity index (χ1n) is 10.1. The van der Waals surface area contributed by atoms with Crippen LogP contribution in [0.2, 0.25) is 0 Å². The lowest BCUT2D eigenvalue weighted by Crippen LogP contribution is -2.62. The van der Waals surface area contributed by atoms with E-state index in [4.69, 9.17) is 4.74 Å². The van der Waals surface area contributed by atoms with Crippen molar-refractivity contribution >= 4 is 33.0 Å². The number of rotatable bonds is 6. The second kappa shape index (κ2) is 8.56. The molecule has 1 aromatic heterocycles. The van der Waals surface area contributed by atoms with Crippen molar-refractivity contribution in [2.24, 2.45) is 5.92 Å². The van der Waals surface area contributed by atoms with Crippen LogP contribution >= 0.6 is 11.3 Å². The molecule has 174 valence electrons. The highest BCUT2D eigenvalue weighted by Gasteiger charge is 2.46. The van der Waals surface area contributed by atoms with Crippen LogP contribution in [0.25, 0.3) is 0 Å². The van der Waals surface area contributed by atoms with Gasteiger partial charge in [0.25, 0.3) is 5.91 Å². The Bertz CT molecular complexity index is 1090. The van der Waals surface area contributed by atoms with Crippen molar-refractivity contribution in [3.05, 3.63) is 41.3 Å². The van der Waals surface area contributed by atoms with E-state index < -0.39 is 15.5 Å². The van der Waals surface area contributed by atoms with Crippen LogP contribution in [0.5, 0.6) is 10.8 Å². The van der Waals surface area contributed by atoms with Gasteiger partial charge in [-0.05, 0) is 63.0 Å². The van der Waals surface area contributed by atoms with Gasteiger partial charge in [0.1, 0.15) is 5.75 Å². The molecule has 3 aliphatic rings. The predicted octanol–water partition coefficient (Wildman–Crippen LogP) is 4.01. The van der Waals surface area contributed by atoms with Crippen molar-refractivity contribution in [2.45, 2.75) is 37.4 Å². The van der Waals surface area contributed by atoms with Gasteiger partial charge in [0.05, 0.1) is 10.6 Å². The molecule has 32 heavy (non-hydrogen) atoms. The van der Waals surface area contributed by atoms with E-state index in [-0.39, 0.29) is 29.4 Å². The summed E-state index contributed by atoms with van der Waals surface area (Å²) in [6.45, 7) is 4.25. The number of benzene rings is 1. The van der Waals surface area contributed by atoms with Gasteiger partial charge in [0.15, 0.2) is 5.06 Å². The summed E-state index contributed by atoms with van der Waals surface area (Å²) in [5.74, 6) is 0.409. The summed E-state index contributed by atoms with van der Waals surface area (Å²) in [4.78, 5) is 15.6. The van der Waals surface area contributed by atoms with Crippen molar-refractivity contribution < 1.29 is 31.1 Å². The summed E-state index contributed by atoms with van der Waals surface area (Å²) in [6, 6.07) is 8.74. The molecule has 0 spiro atoms. The Morgan fingerprint density at radius 1 is 1.19 bits per heavy atom. The largest absolute Gasteiger partial charge is 0.516 e. The van der Waals surface area contributed by atoms with Crippen molar-refractivity contribution in [3.8, 4) is 10.8 Å². The van der Waals surface area contributed by atoms with E-state index in [1.165, 1.54) is 22.9 Å². The third kappa shape index (κ3) is 4.71. The van der Waals surface area contributed by atoms with E-state index in [9.17, 15) is 26.4 Å². The van der Waals surface area contributed by atoms with Crippen molar-refractivity contribution in [2.75, 3.05) is 17.8 Å². The number of piperidine rings is 3. The number of nitrogens with zero attached hydrogens (tertiary/aromatic N) is 1. The Kier molecular flexibility index (Phi) is 6.12. The van der Waals surface area contributed by atoms with Crippen LogP contribution in [0.15, 0.2) is 36.4 Å². The molecule has 0 saturated carbocycles. The van der Waals surface area contributed by atoms with Gasteiger partial charge < -0.3 is 10.1 Å². The zero-order valence-electron chi connectivity index (χ0n) is 17.1. The molecule has 0 radical (unpaired) electrons. The van der Waals surface area contributed by atoms with Crippen LogP contribution in [0.1, 0.15) is 29.4 Å². The molecule has 5 rings (SSSR count). The molecule has 2 unspecified atom stereocenters. The summed E-state index contributed by atoms with van der Waals surface area (Å²) in [5.41, 5.74) is -5.71. The minimum Gasteiger partial charge on any atom is -0.447 e. The third-order valence-electron chi connectivity index (χ3n) is 5.89. The number of hydrogen-bond donors (Lipinski definition) is 2. The Morgan fingerprint density at radius 3 is 2.56 bits per heavy atom. The van der Waals surface area contributed by atoms with Crippen LogP contribution in [-0.4, -0.2) is 49.9 Å². The molecule has 7 nitrogen and oxygen atoms in total. The van der Waals surface area contributed by atoms with Gasteiger partial charge in [-0.2, -0.15) is 21.6 Å². The van der Waals surface area contributed by atoms with Crippen molar-refractivity contribution in [3.63, 3.8) is 0 Å². The number of hydrogen-bond acceptors (Lipinski definition) is 6. The van der Waals surface area contributed by atoms with Gasteiger partial charge >= 0.3 is 15.5 Å². The van der Waals surface area contributed by atoms with Gasteiger partial charge in [-0.3, -0.25) is 14.4 Å². The van der Waals surface area contributed by atoms with E-state index in [1.54, 1.807) is 12.1 Å². The Morgan fingerprint density at radius 2 is 1.91 bits per heavy atom. The maximum absolute atomic E-state index is 12.7. The number of ether oxygens (including phenoxy) is 1. The maximum atomic E-state index is 12.7. The number of alkyl halides is 3. The lowest BCUT2D eigenvalue weighted by atomic mass is 9.79. The topological polar surface area (TPSA) is 87.7 Å². The number of fused-ring (bicyclic) bond motifs is 3. The van der Waals surface area contributed by atoms with Crippen LogP contribution in [-0.2, 0) is 10.0 Å². The summed E-state index contributed by atoms with van der Waals surface area (Å²) in [5, 5.41) is 3.49. The fourth-order valence-corrected chi connectivity index (χ4v) is 5.55. The molecule has 2 aromatic rings. The Labute approximate surface area is 187 Å². The molecule has 3 aliphatic heterocycles. The Hall–Kier alpha value is -2.31. The number of carbonyl (C=O) groups is 1. The fourth-order valence-electron chi connectivity index (χ4n) is 4.22. The zero-order chi connectivity index (χ0) is 23.1. The number of carbonyl (C=O) groups excluding carboxylic acids is 1. The van der Waals surface area contributed by atoms with E-state index in [0.717, 1.165) is 43.3 Å².